The molecule has 10 heteroatoms. The molecule has 0 radical (unpaired) electrons. The lowest BCUT2D eigenvalue weighted by Crippen LogP contribution is -2.18. The van der Waals surface area contributed by atoms with E-state index in [0.717, 1.165) is 10.9 Å². The minimum absolute atomic E-state index is 0.0750. The lowest BCUT2D eigenvalue weighted by atomic mass is 10.3. The van der Waals surface area contributed by atoms with Crippen LogP contribution in [0.1, 0.15) is 10.4 Å². The predicted octanol–water partition coefficient (Wildman–Crippen LogP) is 2.23. The fraction of sp³-hybridized carbons (Fsp3) is 0.0909. The first kappa shape index (κ1) is 15.6. The third kappa shape index (κ3) is 2.97. The number of nitrogens with one attached hydrogen (secondary N) is 1. The molecule has 0 fully saturated rings. The van der Waals surface area contributed by atoms with Gasteiger partial charge in [0.05, 0.1) is 16.2 Å². The standard InChI is InChI=1S/C11H9Cl2N3O4S/c1-16-10(6(5-14-16)11(17)18)15-21(19,20)9-7(12)3-2-4-8(9)13/h2-5,15H,1H3,(H,17,18). The Morgan fingerprint density at radius 3 is 2.43 bits per heavy atom. The van der Waals surface area contributed by atoms with Gasteiger partial charge in [0.15, 0.2) is 5.82 Å². The summed E-state index contributed by atoms with van der Waals surface area (Å²) in [4.78, 5) is 10.7. The summed E-state index contributed by atoms with van der Waals surface area (Å²) in [5, 5.41) is 12.6. The van der Waals surface area contributed by atoms with Crippen molar-refractivity contribution < 1.29 is 18.3 Å². The number of aryl methyl sites for hydroxylation is 1. The highest BCUT2D eigenvalue weighted by molar-refractivity contribution is 7.93. The van der Waals surface area contributed by atoms with Crippen LogP contribution in [0.15, 0.2) is 29.3 Å². The van der Waals surface area contributed by atoms with Gasteiger partial charge in [-0.15, -0.1) is 0 Å². The largest absolute Gasteiger partial charge is 0.477 e. The molecule has 0 saturated carbocycles. The van der Waals surface area contributed by atoms with Gasteiger partial charge < -0.3 is 5.11 Å². The summed E-state index contributed by atoms with van der Waals surface area (Å²) in [6, 6.07) is 4.23. The molecule has 0 bridgehead atoms. The highest BCUT2D eigenvalue weighted by Crippen LogP contribution is 2.31. The number of benzene rings is 1. The first-order valence-corrected chi connectivity index (χ1v) is 7.70. The predicted molar refractivity (Wildman–Crippen MR) is 77.4 cm³/mol. The van der Waals surface area contributed by atoms with Crippen molar-refractivity contribution in [1.82, 2.24) is 9.78 Å². The molecule has 0 unspecified atom stereocenters. The van der Waals surface area contributed by atoms with Crippen LogP contribution in [0, 0.1) is 0 Å². The van der Waals surface area contributed by atoms with E-state index in [1.165, 1.54) is 25.2 Å². The van der Waals surface area contributed by atoms with Gasteiger partial charge in [0, 0.05) is 7.05 Å². The minimum Gasteiger partial charge on any atom is -0.477 e. The number of carboxylic acid groups (broad SMARTS) is 1. The van der Waals surface area contributed by atoms with Crippen LogP contribution >= 0.6 is 23.2 Å². The van der Waals surface area contributed by atoms with Gasteiger partial charge in [-0.3, -0.25) is 9.40 Å². The number of aromatic nitrogens is 2. The molecule has 1 aromatic heterocycles. The summed E-state index contributed by atoms with van der Waals surface area (Å²) < 4.78 is 27.9. The van der Waals surface area contributed by atoms with E-state index in [-0.39, 0.29) is 26.3 Å². The molecule has 0 spiro atoms. The van der Waals surface area contributed by atoms with E-state index < -0.39 is 16.0 Å². The number of halogens is 2. The van der Waals surface area contributed by atoms with E-state index in [0.29, 0.717) is 0 Å². The van der Waals surface area contributed by atoms with E-state index in [4.69, 9.17) is 28.3 Å². The second-order valence-electron chi connectivity index (χ2n) is 3.99. The second-order valence-corrected chi connectivity index (χ2v) is 6.43. The molecule has 1 aromatic carbocycles. The van der Waals surface area contributed by atoms with Crippen molar-refractivity contribution in [3.63, 3.8) is 0 Å². The summed E-state index contributed by atoms with van der Waals surface area (Å²) in [6.45, 7) is 0. The zero-order valence-electron chi connectivity index (χ0n) is 10.5. The highest BCUT2D eigenvalue weighted by Gasteiger charge is 2.25. The van der Waals surface area contributed by atoms with Crippen molar-refractivity contribution in [1.29, 1.82) is 0 Å². The maximum absolute atomic E-state index is 12.4. The van der Waals surface area contributed by atoms with Crippen molar-refractivity contribution >= 4 is 45.0 Å². The molecule has 2 rings (SSSR count). The first-order chi connectivity index (χ1) is 9.74. The van der Waals surface area contributed by atoms with Crippen LogP contribution in [0.2, 0.25) is 10.0 Å². The lowest BCUT2D eigenvalue weighted by Gasteiger charge is -2.11. The molecule has 112 valence electrons. The summed E-state index contributed by atoms with van der Waals surface area (Å²) in [7, 11) is -2.76. The molecule has 0 aliphatic carbocycles. The molecule has 2 aromatic rings. The molecule has 0 aliphatic rings. The molecule has 2 N–H and O–H groups in total. The number of rotatable bonds is 4. The molecular weight excluding hydrogens is 341 g/mol. The van der Waals surface area contributed by atoms with Gasteiger partial charge in [-0.25, -0.2) is 13.2 Å². The topological polar surface area (TPSA) is 101 Å². The number of nitrogens with zero attached hydrogens (tertiary/aromatic N) is 2. The smallest absolute Gasteiger partial charge is 0.341 e. The summed E-state index contributed by atoms with van der Waals surface area (Å²) >= 11 is 11.7. The Morgan fingerprint density at radius 1 is 1.33 bits per heavy atom. The molecule has 21 heavy (non-hydrogen) atoms. The Bertz CT molecular complexity index is 797. The zero-order valence-corrected chi connectivity index (χ0v) is 12.9. The van der Waals surface area contributed by atoms with Crippen molar-refractivity contribution in [3.8, 4) is 0 Å². The van der Waals surface area contributed by atoms with Gasteiger partial charge in [-0.1, -0.05) is 29.3 Å². The third-order valence-electron chi connectivity index (χ3n) is 2.59. The number of carboxylic acids is 1. The Balaban J connectivity index is 2.53. The van der Waals surface area contributed by atoms with E-state index in [1.54, 1.807) is 0 Å². The molecule has 0 amide bonds. The monoisotopic (exact) mass is 349 g/mol. The van der Waals surface area contributed by atoms with E-state index in [2.05, 4.69) is 9.82 Å². The van der Waals surface area contributed by atoms with E-state index in [9.17, 15) is 13.2 Å². The fourth-order valence-electron chi connectivity index (χ4n) is 1.63. The van der Waals surface area contributed by atoms with Crippen LogP contribution in [-0.2, 0) is 17.1 Å². The van der Waals surface area contributed by atoms with Gasteiger partial charge in [0.1, 0.15) is 10.5 Å². The number of hydrogen-bond acceptors (Lipinski definition) is 4. The number of aromatic carboxylic acids is 1. The Morgan fingerprint density at radius 2 is 1.90 bits per heavy atom. The number of sulfonamides is 1. The molecule has 0 saturated heterocycles. The van der Waals surface area contributed by atoms with Gasteiger partial charge in [-0.2, -0.15) is 5.10 Å². The van der Waals surface area contributed by atoms with E-state index >= 15 is 0 Å². The van der Waals surface area contributed by atoms with Crippen LogP contribution in [0.5, 0.6) is 0 Å². The Hall–Kier alpha value is -1.77. The summed E-state index contributed by atoms with van der Waals surface area (Å²) in [6.07, 6.45) is 1.04. The van der Waals surface area contributed by atoms with Gasteiger partial charge in [0.2, 0.25) is 0 Å². The molecule has 7 nitrogen and oxygen atoms in total. The molecule has 1 heterocycles. The first-order valence-electron chi connectivity index (χ1n) is 5.46. The number of carbonyl (C=O) groups is 1. The maximum Gasteiger partial charge on any atom is 0.341 e. The number of hydrogen-bond donors (Lipinski definition) is 2. The van der Waals surface area contributed by atoms with Crippen LogP contribution in [-0.4, -0.2) is 29.3 Å². The van der Waals surface area contributed by atoms with Gasteiger partial charge in [0.25, 0.3) is 10.0 Å². The molecular formula is C11H9Cl2N3O4S. The van der Waals surface area contributed by atoms with Crippen LogP contribution in [0.3, 0.4) is 0 Å². The minimum atomic E-state index is -4.16. The summed E-state index contributed by atoms with van der Waals surface area (Å²) in [5.74, 6) is -1.51. The van der Waals surface area contributed by atoms with Gasteiger partial charge in [-0.05, 0) is 12.1 Å². The maximum atomic E-state index is 12.4. The normalized spacial score (nSPS) is 11.4. The van der Waals surface area contributed by atoms with Crippen molar-refractivity contribution in [2.75, 3.05) is 4.72 Å². The van der Waals surface area contributed by atoms with E-state index in [1.807, 2.05) is 0 Å². The number of anilines is 1. The van der Waals surface area contributed by atoms with Crippen LogP contribution in [0.4, 0.5) is 5.82 Å². The van der Waals surface area contributed by atoms with Crippen molar-refractivity contribution in [3.05, 3.63) is 40.0 Å². The molecule has 0 aliphatic heterocycles. The molecule has 0 atom stereocenters. The lowest BCUT2D eigenvalue weighted by molar-refractivity contribution is 0.0698. The SMILES string of the molecule is Cn1ncc(C(=O)O)c1NS(=O)(=O)c1c(Cl)cccc1Cl. The summed E-state index contributed by atoms with van der Waals surface area (Å²) in [5.41, 5.74) is -0.288. The average Bonchev–Trinajstić information content (AvgIpc) is 2.70. The van der Waals surface area contributed by atoms with Crippen LogP contribution < -0.4 is 4.72 Å². The van der Waals surface area contributed by atoms with Crippen molar-refractivity contribution in [2.45, 2.75) is 4.90 Å². The van der Waals surface area contributed by atoms with Gasteiger partial charge >= 0.3 is 5.97 Å². The third-order valence-corrected chi connectivity index (χ3v) is 4.88. The van der Waals surface area contributed by atoms with Crippen LogP contribution in [0.25, 0.3) is 0 Å². The second kappa shape index (κ2) is 5.55. The zero-order chi connectivity index (χ0) is 15.8. The Kier molecular flexibility index (Phi) is 4.13. The fourth-order valence-corrected chi connectivity index (χ4v) is 3.89. The highest BCUT2D eigenvalue weighted by atomic mass is 35.5. The average molecular weight is 350 g/mol. The van der Waals surface area contributed by atoms with Crippen molar-refractivity contribution in [2.24, 2.45) is 7.05 Å². The quantitative estimate of drug-likeness (QED) is 0.881. The Labute approximate surface area is 130 Å².